The molecule has 0 saturated carbocycles. The quantitative estimate of drug-likeness (QED) is 0.685. The molecule has 1 aromatic heterocycles. The van der Waals surface area contributed by atoms with E-state index in [4.69, 9.17) is 5.73 Å². The fraction of sp³-hybridized carbons (Fsp3) is 0.667. The van der Waals surface area contributed by atoms with Crippen LogP contribution < -0.4 is 11.1 Å². The molecule has 0 aromatic carbocycles. The molecule has 0 spiro atoms. The Morgan fingerprint density at radius 1 is 1.41 bits per heavy atom. The number of hydrogen-bond acceptors (Lipinski definition) is 5. The highest BCUT2D eigenvalue weighted by Gasteiger charge is 2.09. The van der Waals surface area contributed by atoms with Gasteiger partial charge in [-0.05, 0) is 19.2 Å². The molecule has 17 heavy (non-hydrogen) atoms. The van der Waals surface area contributed by atoms with Gasteiger partial charge in [-0.1, -0.05) is 13.8 Å². The molecule has 1 heterocycles. The van der Waals surface area contributed by atoms with Crippen LogP contribution in [-0.2, 0) is 0 Å². The van der Waals surface area contributed by atoms with Crippen LogP contribution in [0.3, 0.4) is 0 Å². The van der Waals surface area contributed by atoms with Crippen molar-refractivity contribution in [3.63, 3.8) is 0 Å². The van der Waals surface area contributed by atoms with Gasteiger partial charge in [0.2, 0.25) is 0 Å². The summed E-state index contributed by atoms with van der Waals surface area (Å²) in [5, 5.41) is 3.43. The highest BCUT2D eigenvalue weighted by atomic mass is 15.1. The summed E-state index contributed by atoms with van der Waals surface area (Å²) in [6.45, 7) is 9.03. The zero-order chi connectivity index (χ0) is 12.5. The molecule has 1 aromatic rings. The zero-order valence-electron chi connectivity index (χ0n) is 10.8. The van der Waals surface area contributed by atoms with Crippen molar-refractivity contribution in [1.29, 1.82) is 0 Å². The second-order valence-corrected chi connectivity index (χ2v) is 3.90. The van der Waals surface area contributed by atoms with Gasteiger partial charge in [-0.25, -0.2) is 9.97 Å². The van der Waals surface area contributed by atoms with Gasteiger partial charge in [-0.15, -0.1) is 0 Å². The smallest absolute Gasteiger partial charge is 0.115 e. The standard InChI is InChI=1S/C12H23N5/c1-3-17(4-2)8-7-15-12(9-13)11-5-6-14-10-16-11/h5-6,10,12,15H,3-4,7-9,13H2,1-2H3. The summed E-state index contributed by atoms with van der Waals surface area (Å²) < 4.78 is 0. The molecule has 1 rings (SSSR count). The van der Waals surface area contributed by atoms with E-state index in [-0.39, 0.29) is 6.04 Å². The third-order valence-corrected chi connectivity index (χ3v) is 2.91. The third-order valence-electron chi connectivity index (χ3n) is 2.91. The van der Waals surface area contributed by atoms with Crippen molar-refractivity contribution in [2.24, 2.45) is 5.73 Å². The molecule has 1 unspecified atom stereocenters. The molecule has 3 N–H and O–H groups in total. The fourth-order valence-electron chi connectivity index (χ4n) is 1.75. The Balaban J connectivity index is 2.38. The van der Waals surface area contributed by atoms with Crippen LogP contribution >= 0.6 is 0 Å². The third kappa shape index (κ3) is 4.77. The van der Waals surface area contributed by atoms with E-state index in [1.807, 2.05) is 6.07 Å². The zero-order valence-corrected chi connectivity index (χ0v) is 10.8. The van der Waals surface area contributed by atoms with Crippen molar-refractivity contribution in [3.8, 4) is 0 Å². The largest absolute Gasteiger partial charge is 0.329 e. The predicted octanol–water partition coefficient (Wildman–Crippen LogP) is 0.408. The summed E-state index contributed by atoms with van der Waals surface area (Å²) in [5.41, 5.74) is 6.71. The van der Waals surface area contributed by atoms with Crippen LogP contribution in [0.5, 0.6) is 0 Å². The highest BCUT2D eigenvalue weighted by molar-refractivity contribution is 5.05. The van der Waals surface area contributed by atoms with E-state index >= 15 is 0 Å². The number of aromatic nitrogens is 2. The predicted molar refractivity (Wildman–Crippen MR) is 69.6 cm³/mol. The Hall–Kier alpha value is -1.04. The Morgan fingerprint density at radius 3 is 2.71 bits per heavy atom. The fourth-order valence-corrected chi connectivity index (χ4v) is 1.75. The van der Waals surface area contributed by atoms with Gasteiger partial charge in [0.05, 0.1) is 11.7 Å². The molecule has 0 fully saturated rings. The van der Waals surface area contributed by atoms with Crippen molar-refractivity contribution in [3.05, 3.63) is 24.3 Å². The molecule has 0 aliphatic rings. The molecule has 1 atom stereocenters. The number of likely N-dealkylation sites (N-methyl/N-ethyl adjacent to an activating group) is 1. The van der Waals surface area contributed by atoms with Crippen LogP contribution in [-0.4, -0.2) is 47.6 Å². The van der Waals surface area contributed by atoms with E-state index in [1.165, 1.54) is 0 Å². The first kappa shape index (κ1) is 14.0. The number of nitrogens with zero attached hydrogens (tertiary/aromatic N) is 3. The minimum atomic E-state index is 0.119. The van der Waals surface area contributed by atoms with Gasteiger partial charge in [0.1, 0.15) is 6.33 Å². The van der Waals surface area contributed by atoms with Gasteiger partial charge in [-0.3, -0.25) is 0 Å². The second-order valence-electron chi connectivity index (χ2n) is 3.90. The summed E-state index contributed by atoms with van der Waals surface area (Å²) in [7, 11) is 0. The summed E-state index contributed by atoms with van der Waals surface area (Å²) in [6.07, 6.45) is 3.31. The maximum atomic E-state index is 5.75. The molecule has 0 radical (unpaired) electrons. The van der Waals surface area contributed by atoms with Crippen LogP contribution in [0.4, 0.5) is 0 Å². The van der Waals surface area contributed by atoms with E-state index in [0.29, 0.717) is 6.54 Å². The lowest BCUT2D eigenvalue weighted by molar-refractivity contribution is 0.296. The van der Waals surface area contributed by atoms with Gasteiger partial charge < -0.3 is 16.0 Å². The molecule has 0 aliphatic heterocycles. The van der Waals surface area contributed by atoms with Gasteiger partial charge in [0, 0.05) is 25.8 Å². The Labute approximate surface area is 103 Å². The summed E-state index contributed by atoms with van der Waals surface area (Å²) in [5.74, 6) is 0. The molecule has 5 nitrogen and oxygen atoms in total. The van der Waals surface area contributed by atoms with E-state index in [9.17, 15) is 0 Å². The maximum Gasteiger partial charge on any atom is 0.115 e. The second kappa shape index (κ2) is 8.11. The van der Waals surface area contributed by atoms with Gasteiger partial charge in [0.15, 0.2) is 0 Å². The SMILES string of the molecule is CCN(CC)CCNC(CN)c1ccncn1. The Bertz CT molecular complexity index is 286. The topological polar surface area (TPSA) is 67.1 Å². The molecule has 0 aliphatic carbocycles. The van der Waals surface area contributed by atoms with Crippen molar-refractivity contribution in [2.45, 2.75) is 19.9 Å². The molecule has 0 amide bonds. The first-order valence-corrected chi connectivity index (χ1v) is 6.23. The average Bonchev–Trinajstić information content (AvgIpc) is 2.40. The number of nitrogens with two attached hydrogens (primary N) is 1. The molecule has 0 saturated heterocycles. The monoisotopic (exact) mass is 237 g/mol. The van der Waals surface area contributed by atoms with Crippen LogP contribution in [0.25, 0.3) is 0 Å². The molecular weight excluding hydrogens is 214 g/mol. The first-order chi connectivity index (χ1) is 8.31. The normalized spacial score (nSPS) is 12.9. The lowest BCUT2D eigenvalue weighted by Crippen LogP contribution is -2.36. The van der Waals surface area contributed by atoms with Crippen LogP contribution in [0, 0.1) is 0 Å². The van der Waals surface area contributed by atoms with E-state index in [1.54, 1.807) is 12.5 Å². The lowest BCUT2D eigenvalue weighted by Gasteiger charge is -2.21. The van der Waals surface area contributed by atoms with Crippen LogP contribution in [0.1, 0.15) is 25.6 Å². The minimum absolute atomic E-state index is 0.119. The first-order valence-electron chi connectivity index (χ1n) is 6.23. The minimum Gasteiger partial charge on any atom is -0.329 e. The number of rotatable bonds is 8. The maximum absolute atomic E-state index is 5.75. The Kier molecular flexibility index (Phi) is 6.69. The number of hydrogen-bond donors (Lipinski definition) is 2. The summed E-state index contributed by atoms with van der Waals surface area (Å²) >= 11 is 0. The van der Waals surface area contributed by atoms with Gasteiger partial charge >= 0.3 is 0 Å². The molecule has 96 valence electrons. The van der Waals surface area contributed by atoms with Gasteiger partial charge in [-0.2, -0.15) is 0 Å². The summed E-state index contributed by atoms with van der Waals surface area (Å²) in [6, 6.07) is 2.02. The van der Waals surface area contributed by atoms with Crippen molar-refractivity contribution < 1.29 is 0 Å². The Morgan fingerprint density at radius 2 is 2.18 bits per heavy atom. The van der Waals surface area contributed by atoms with E-state index in [2.05, 4.69) is 34.0 Å². The van der Waals surface area contributed by atoms with E-state index in [0.717, 1.165) is 31.9 Å². The van der Waals surface area contributed by atoms with Crippen molar-refractivity contribution in [2.75, 3.05) is 32.7 Å². The molecule has 5 heteroatoms. The summed E-state index contributed by atoms with van der Waals surface area (Å²) in [4.78, 5) is 10.5. The van der Waals surface area contributed by atoms with Crippen molar-refractivity contribution in [1.82, 2.24) is 20.2 Å². The lowest BCUT2D eigenvalue weighted by atomic mass is 10.2. The molecule has 0 bridgehead atoms. The van der Waals surface area contributed by atoms with Crippen LogP contribution in [0.2, 0.25) is 0 Å². The van der Waals surface area contributed by atoms with Crippen LogP contribution in [0.15, 0.2) is 18.6 Å². The highest BCUT2D eigenvalue weighted by Crippen LogP contribution is 2.05. The molecular formula is C12H23N5. The van der Waals surface area contributed by atoms with Gasteiger partial charge in [0.25, 0.3) is 0 Å². The average molecular weight is 237 g/mol. The van der Waals surface area contributed by atoms with E-state index < -0.39 is 0 Å². The van der Waals surface area contributed by atoms with Crippen molar-refractivity contribution >= 4 is 0 Å². The number of nitrogens with one attached hydrogen (secondary N) is 1.